The van der Waals surface area contributed by atoms with Crippen LogP contribution in [-0.2, 0) is 31.0 Å². The first-order valence-electron chi connectivity index (χ1n) is 40.3. The van der Waals surface area contributed by atoms with E-state index in [2.05, 4.69) is 228 Å². The number of rotatable bonds is 32. The third-order valence-electron chi connectivity index (χ3n) is 22.4. The van der Waals surface area contributed by atoms with E-state index in [-0.39, 0.29) is 11.9 Å². The van der Waals surface area contributed by atoms with Crippen LogP contribution in [0.1, 0.15) is 238 Å². The Morgan fingerprint density at radius 1 is 0.291 bits per heavy atom. The third-order valence-corrected chi connectivity index (χ3v) is 23.0. The first-order valence-corrected chi connectivity index (χ1v) is 41.1. The highest BCUT2D eigenvalue weighted by Gasteiger charge is 2.54. The maximum atomic E-state index is 13.4. The van der Waals surface area contributed by atoms with E-state index in [1.54, 1.807) is 49.2 Å². The fourth-order valence-corrected chi connectivity index (χ4v) is 17.0. The van der Waals surface area contributed by atoms with Gasteiger partial charge in [0.15, 0.2) is 16.8 Å². The lowest BCUT2D eigenvalue weighted by molar-refractivity contribution is 0.0238. The highest BCUT2D eigenvalue weighted by atomic mass is 35.5. The van der Waals surface area contributed by atoms with Crippen LogP contribution >= 0.6 is 23.2 Å². The zero-order valence-electron chi connectivity index (χ0n) is 68.0. The summed E-state index contributed by atoms with van der Waals surface area (Å²) in [5.74, 6) is -1.03. The van der Waals surface area contributed by atoms with Gasteiger partial charge in [0.05, 0.1) is 26.7 Å². The second-order valence-electron chi connectivity index (χ2n) is 28.9. The van der Waals surface area contributed by atoms with Gasteiger partial charge in [-0.15, -0.1) is 0 Å². The lowest BCUT2D eigenvalue weighted by Crippen LogP contribution is -2.32. The molecule has 0 atom stereocenters. The molecule has 6 aromatic carbocycles. The molecule has 9 aromatic rings. The number of hydrogen-bond donors (Lipinski definition) is 0. The van der Waals surface area contributed by atoms with Gasteiger partial charge < -0.3 is 43.6 Å². The van der Waals surface area contributed by atoms with Crippen molar-refractivity contribution in [1.29, 1.82) is 0 Å². The Labute approximate surface area is 665 Å². The molecule has 3 aliphatic heterocycles. The average Bonchev–Trinajstić information content (AvgIpc) is 1.54. The SMILES string of the molecule is CCCCN(CCCC)c1ccc(C2(c3ccc(N(CCCC)CCCC)cc3C)OC(=O)c3ccncc32)c(C)c1.CCN(CC)c1ccc(C2(c3ccc(N(CC)CC)cc3C)OC(=O)c3ccncc32)c(C)c1.CCN(CC)c1ccc(C2(c3ccc(N(CC)CC)cc3Cl)OC(=O)c3ccncc32)c(Cl)c1. The standard InChI is InChI=1S/C37H51N3O2.C29H35N3O2.C27H29Cl2N3O2/c1-7-11-21-39(22-12-8-2)30-15-17-33(28(5)25-30)37(35-27-38-20-19-32(35)36(41)42-37)34-18-16-31(26-29(34)6)40(23-13-9-3)24-14-10-4;1-7-31(8-2)22-11-13-25(20(5)17-22)29(27-19-30-16-15-24(27)28(33)34-29)26-14-12-23(18-21(26)6)32(9-3)10-4;1-5-31(6-2)18-9-11-21(24(28)15-18)27(23-17-30-14-13-20(23)26(33)34-27)22-12-10-19(16-25(22)29)32(7-3)8-4/h15-20,25-27H,7-14,21-24H2,1-6H3;11-19H,7-10H2,1-6H3;9-17H,5-8H2,1-4H3. The summed E-state index contributed by atoms with van der Waals surface area (Å²) in [4.78, 5) is 66.8. The highest BCUT2D eigenvalue weighted by molar-refractivity contribution is 6.33. The van der Waals surface area contributed by atoms with Crippen molar-refractivity contribution in [3.05, 3.63) is 264 Å². The molecule has 0 N–H and O–H groups in total. The van der Waals surface area contributed by atoms with E-state index in [1.807, 2.05) is 42.6 Å². The molecule has 110 heavy (non-hydrogen) atoms. The van der Waals surface area contributed by atoms with Gasteiger partial charge in [0.1, 0.15) is 0 Å². The number of pyridine rings is 3. The number of carbonyl (C=O) groups excluding carboxylic acids is 3. The molecule has 0 aliphatic carbocycles. The zero-order valence-corrected chi connectivity index (χ0v) is 69.5. The van der Waals surface area contributed by atoms with Crippen molar-refractivity contribution >= 4 is 75.2 Å². The first kappa shape index (κ1) is 83.0. The van der Waals surface area contributed by atoms with Crippen LogP contribution in [0.5, 0.6) is 0 Å². The van der Waals surface area contributed by atoms with Crippen molar-refractivity contribution in [1.82, 2.24) is 15.0 Å². The minimum Gasteiger partial charge on any atom is -0.440 e. The van der Waals surface area contributed by atoms with Crippen molar-refractivity contribution < 1.29 is 28.6 Å². The molecule has 0 bridgehead atoms. The number of esters is 3. The summed E-state index contributed by atoms with van der Waals surface area (Å²) in [6.07, 6.45) is 19.6. The van der Waals surface area contributed by atoms with Crippen LogP contribution in [-0.4, -0.2) is 111 Å². The number of ether oxygens (including phenoxy) is 3. The molecule has 12 rings (SSSR count). The first-order chi connectivity index (χ1) is 53.2. The van der Waals surface area contributed by atoms with Gasteiger partial charge in [-0.2, -0.15) is 0 Å². The van der Waals surface area contributed by atoms with Crippen molar-refractivity contribution in [3.63, 3.8) is 0 Å². The van der Waals surface area contributed by atoms with Crippen LogP contribution in [0.3, 0.4) is 0 Å². The molecule has 0 fully saturated rings. The van der Waals surface area contributed by atoms with Crippen LogP contribution in [0.15, 0.2) is 165 Å². The summed E-state index contributed by atoms with van der Waals surface area (Å²) in [7, 11) is 0. The number of fused-ring (bicyclic) bond motifs is 3. The number of hydrogen-bond acceptors (Lipinski definition) is 15. The topological polar surface area (TPSA) is 137 Å². The smallest absolute Gasteiger partial charge is 0.340 e. The lowest BCUT2D eigenvalue weighted by Gasteiger charge is -2.34. The predicted molar refractivity (Wildman–Crippen MR) is 455 cm³/mol. The minimum atomic E-state index is -1.29. The normalized spacial score (nSPS) is 13.9. The predicted octanol–water partition coefficient (Wildman–Crippen LogP) is 21.4. The summed E-state index contributed by atoms with van der Waals surface area (Å²) in [5, 5.41) is 0.996. The molecular weight excluding hydrogens is 1410 g/mol. The number of aromatic nitrogens is 3. The van der Waals surface area contributed by atoms with E-state index >= 15 is 0 Å². The number of nitrogens with zero attached hydrogens (tertiary/aromatic N) is 9. The molecule has 0 amide bonds. The number of carbonyl (C=O) groups is 3. The number of unbranched alkanes of at least 4 members (excludes halogenated alkanes) is 4. The van der Waals surface area contributed by atoms with Gasteiger partial charge in [-0.05, 0) is 222 Å². The zero-order chi connectivity index (χ0) is 79.0. The maximum Gasteiger partial charge on any atom is 0.340 e. The lowest BCUT2D eigenvalue weighted by atomic mass is 9.77. The van der Waals surface area contributed by atoms with E-state index in [4.69, 9.17) is 37.4 Å². The molecule has 17 heteroatoms. The van der Waals surface area contributed by atoms with Gasteiger partial charge in [-0.1, -0.05) is 113 Å². The Kier molecular flexibility index (Phi) is 28.3. The van der Waals surface area contributed by atoms with E-state index in [9.17, 15) is 14.4 Å². The van der Waals surface area contributed by atoms with E-state index in [1.165, 1.54) is 74.1 Å². The molecule has 15 nitrogen and oxygen atoms in total. The van der Waals surface area contributed by atoms with Crippen LogP contribution in [0, 0.1) is 27.7 Å². The molecule has 582 valence electrons. The molecule has 0 spiro atoms. The number of anilines is 6. The summed E-state index contributed by atoms with van der Waals surface area (Å²) in [5.41, 5.74) is 17.0. The van der Waals surface area contributed by atoms with Gasteiger partial charge in [-0.3, -0.25) is 15.0 Å². The molecule has 0 saturated carbocycles. The molecule has 0 unspecified atom stereocenters. The van der Waals surface area contributed by atoms with Crippen molar-refractivity contribution in [2.24, 2.45) is 0 Å². The van der Waals surface area contributed by atoms with Crippen molar-refractivity contribution in [3.8, 4) is 0 Å². The second-order valence-corrected chi connectivity index (χ2v) is 29.7. The van der Waals surface area contributed by atoms with Gasteiger partial charge >= 0.3 is 17.9 Å². The Bertz CT molecular complexity index is 4260. The quantitative estimate of drug-likeness (QED) is 0.0292. The number of benzene rings is 6. The van der Waals surface area contributed by atoms with Gasteiger partial charge in [0.2, 0.25) is 0 Å². The molecule has 3 aromatic heterocycles. The number of halogens is 2. The van der Waals surface area contributed by atoms with Crippen LogP contribution in [0.4, 0.5) is 34.1 Å². The molecule has 3 aliphatic rings. The van der Waals surface area contributed by atoms with E-state index in [0.717, 1.165) is 146 Å². The monoisotopic (exact) mass is 1520 g/mol. The Morgan fingerprint density at radius 2 is 0.509 bits per heavy atom. The van der Waals surface area contributed by atoms with Crippen LogP contribution in [0.25, 0.3) is 0 Å². The minimum absolute atomic E-state index is 0.292. The van der Waals surface area contributed by atoms with Crippen LogP contribution < -0.4 is 29.4 Å². The number of aryl methyl sites for hydroxylation is 4. The summed E-state index contributed by atoms with van der Waals surface area (Å²) in [6.45, 7) is 46.0. The van der Waals surface area contributed by atoms with Gasteiger partial charge in [0, 0.05) is 200 Å². The van der Waals surface area contributed by atoms with Gasteiger partial charge in [0.25, 0.3) is 0 Å². The molecular formula is C93H115Cl2N9O6. The largest absolute Gasteiger partial charge is 0.440 e. The maximum absolute atomic E-state index is 13.4. The highest BCUT2D eigenvalue weighted by Crippen LogP contribution is 2.54. The molecule has 6 heterocycles. The fraction of sp³-hybridized carbons (Fsp3) is 0.419. The summed E-state index contributed by atoms with van der Waals surface area (Å²) in [6, 6.07) is 43.3. The Hall–Kier alpha value is -9.44. The van der Waals surface area contributed by atoms with Crippen LogP contribution in [0.2, 0.25) is 10.0 Å². The average molecular weight is 1530 g/mol. The molecule has 0 saturated heterocycles. The van der Waals surface area contributed by atoms with E-state index in [0.29, 0.717) is 43.4 Å². The van der Waals surface area contributed by atoms with Gasteiger partial charge in [-0.25, -0.2) is 14.4 Å². The van der Waals surface area contributed by atoms with Crippen molar-refractivity contribution in [2.75, 3.05) is 108 Å². The fourth-order valence-electron chi connectivity index (χ4n) is 16.4. The van der Waals surface area contributed by atoms with Crippen molar-refractivity contribution in [2.45, 2.75) is 179 Å². The Balaban J connectivity index is 0.000000177. The summed E-state index contributed by atoms with van der Waals surface area (Å²) >= 11 is 13.8. The summed E-state index contributed by atoms with van der Waals surface area (Å²) < 4.78 is 19.0. The third kappa shape index (κ3) is 16.5. The molecule has 0 radical (unpaired) electrons. The Morgan fingerprint density at radius 3 is 0.727 bits per heavy atom. The van der Waals surface area contributed by atoms with E-state index < -0.39 is 22.8 Å². The second kappa shape index (κ2) is 37.5. The number of cyclic esters (lactones) is 3.